The normalized spacial score (nSPS) is 13.4. The van der Waals surface area contributed by atoms with Gasteiger partial charge in [-0.3, -0.25) is 4.90 Å². The lowest BCUT2D eigenvalue weighted by molar-refractivity contribution is 0.269. The largest absolute Gasteiger partial charge is 0.497 e. The molecule has 6 heteroatoms. The minimum atomic E-state index is 0.301. The molecule has 0 saturated carbocycles. The summed E-state index contributed by atoms with van der Waals surface area (Å²) in [5, 5.41) is 9.28. The molecule has 2 aromatic rings. The number of methoxy groups -OCH3 is 2. The van der Waals surface area contributed by atoms with Gasteiger partial charge in [0.2, 0.25) is 0 Å². The number of nitrogens with zero attached hydrogens (tertiary/aromatic N) is 3. The van der Waals surface area contributed by atoms with E-state index in [9.17, 15) is 5.26 Å². The van der Waals surface area contributed by atoms with E-state index in [0.29, 0.717) is 24.5 Å². The van der Waals surface area contributed by atoms with E-state index in [4.69, 9.17) is 15.2 Å². The lowest BCUT2D eigenvalue weighted by Crippen LogP contribution is -2.16. The van der Waals surface area contributed by atoms with Crippen molar-refractivity contribution >= 4 is 5.82 Å². The maximum absolute atomic E-state index is 9.28. The van der Waals surface area contributed by atoms with Crippen LogP contribution in [0.1, 0.15) is 22.3 Å². The molecule has 3 rings (SSSR count). The van der Waals surface area contributed by atoms with Crippen molar-refractivity contribution in [2.45, 2.75) is 19.6 Å². The number of hydrogen-bond donors (Lipinski definition) is 1. The van der Waals surface area contributed by atoms with Crippen LogP contribution in [0.25, 0.3) is 0 Å². The molecule has 1 aliphatic rings. The van der Waals surface area contributed by atoms with E-state index < -0.39 is 0 Å². The highest BCUT2D eigenvalue weighted by Gasteiger charge is 2.24. The summed E-state index contributed by atoms with van der Waals surface area (Å²) in [5.41, 5.74) is 9.39. The summed E-state index contributed by atoms with van der Waals surface area (Å²) in [6.07, 6.45) is 1.76. The Bertz CT molecular complexity index is 783. The number of benzene rings is 1. The minimum absolute atomic E-state index is 0.301. The number of anilines is 1. The summed E-state index contributed by atoms with van der Waals surface area (Å²) in [7, 11) is 3.28. The lowest BCUT2D eigenvalue weighted by Gasteiger charge is -2.17. The Morgan fingerprint density at radius 3 is 2.83 bits per heavy atom. The highest BCUT2D eigenvalue weighted by molar-refractivity contribution is 5.56. The quantitative estimate of drug-likeness (QED) is 0.930. The average molecular weight is 310 g/mol. The van der Waals surface area contributed by atoms with E-state index in [2.05, 4.69) is 16.0 Å². The molecule has 2 N–H and O–H groups in total. The Balaban J connectivity index is 1.83. The van der Waals surface area contributed by atoms with Gasteiger partial charge in [0.15, 0.2) is 0 Å². The van der Waals surface area contributed by atoms with Gasteiger partial charge in [0.1, 0.15) is 23.4 Å². The molecule has 118 valence electrons. The third-order valence-corrected chi connectivity index (χ3v) is 4.08. The van der Waals surface area contributed by atoms with Crippen molar-refractivity contribution in [3.05, 3.63) is 46.6 Å². The average Bonchev–Trinajstić information content (AvgIpc) is 2.97. The molecular weight excluding hydrogens is 292 g/mol. The predicted octanol–water partition coefficient (Wildman–Crippen LogP) is 2.07. The summed E-state index contributed by atoms with van der Waals surface area (Å²) in [4.78, 5) is 6.34. The van der Waals surface area contributed by atoms with Crippen LogP contribution < -0.4 is 15.2 Å². The highest BCUT2D eigenvalue weighted by atomic mass is 16.5. The van der Waals surface area contributed by atoms with Gasteiger partial charge in [0, 0.05) is 37.5 Å². The van der Waals surface area contributed by atoms with Gasteiger partial charge in [0.25, 0.3) is 0 Å². The lowest BCUT2D eigenvalue weighted by atomic mass is 10.1. The molecule has 6 nitrogen and oxygen atoms in total. The first-order valence-electron chi connectivity index (χ1n) is 7.25. The fourth-order valence-electron chi connectivity index (χ4n) is 2.90. The van der Waals surface area contributed by atoms with Crippen LogP contribution in [0.2, 0.25) is 0 Å². The van der Waals surface area contributed by atoms with Crippen LogP contribution in [0, 0.1) is 11.3 Å². The van der Waals surface area contributed by atoms with Crippen LogP contribution in [0.3, 0.4) is 0 Å². The Kier molecular flexibility index (Phi) is 4.04. The Hall–Kier alpha value is -2.78. The van der Waals surface area contributed by atoms with Gasteiger partial charge in [-0.25, -0.2) is 4.98 Å². The number of aromatic nitrogens is 1. The van der Waals surface area contributed by atoms with Crippen LogP contribution in [-0.2, 0) is 19.6 Å². The van der Waals surface area contributed by atoms with Gasteiger partial charge in [-0.05, 0) is 17.2 Å². The Morgan fingerprint density at radius 1 is 1.30 bits per heavy atom. The number of pyridine rings is 1. The molecule has 0 radical (unpaired) electrons. The molecule has 0 amide bonds. The molecule has 0 saturated heterocycles. The minimum Gasteiger partial charge on any atom is -0.497 e. The van der Waals surface area contributed by atoms with Crippen LogP contribution >= 0.6 is 0 Å². The maximum Gasteiger partial charge on any atom is 0.141 e. The van der Waals surface area contributed by atoms with Gasteiger partial charge >= 0.3 is 0 Å². The summed E-state index contributed by atoms with van der Waals surface area (Å²) >= 11 is 0. The third kappa shape index (κ3) is 2.79. The van der Waals surface area contributed by atoms with Crippen LogP contribution in [0.4, 0.5) is 5.82 Å². The summed E-state index contributed by atoms with van der Waals surface area (Å²) < 4.78 is 10.7. The van der Waals surface area contributed by atoms with Gasteiger partial charge in [-0.15, -0.1) is 0 Å². The van der Waals surface area contributed by atoms with Crippen molar-refractivity contribution < 1.29 is 9.47 Å². The molecule has 0 aliphatic carbocycles. The zero-order chi connectivity index (χ0) is 16.4. The maximum atomic E-state index is 9.28. The molecule has 1 aliphatic heterocycles. The molecule has 23 heavy (non-hydrogen) atoms. The van der Waals surface area contributed by atoms with Crippen molar-refractivity contribution in [2.24, 2.45) is 0 Å². The van der Waals surface area contributed by atoms with Gasteiger partial charge in [-0.2, -0.15) is 5.26 Å². The number of rotatable bonds is 4. The molecule has 2 heterocycles. The molecule has 1 aromatic heterocycles. The highest BCUT2D eigenvalue weighted by Crippen LogP contribution is 2.31. The molecule has 0 atom stereocenters. The van der Waals surface area contributed by atoms with Gasteiger partial charge in [0.05, 0.1) is 19.8 Å². The molecule has 1 aromatic carbocycles. The second-order valence-electron chi connectivity index (χ2n) is 5.46. The van der Waals surface area contributed by atoms with E-state index in [1.807, 2.05) is 18.2 Å². The van der Waals surface area contributed by atoms with E-state index in [0.717, 1.165) is 34.7 Å². The molecular formula is C17H18N4O2. The monoisotopic (exact) mass is 310 g/mol. The summed E-state index contributed by atoms with van der Waals surface area (Å²) in [6.45, 7) is 2.14. The second-order valence-corrected chi connectivity index (χ2v) is 5.46. The number of ether oxygens (including phenoxy) is 2. The van der Waals surface area contributed by atoms with E-state index in [1.165, 1.54) is 0 Å². The van der Waals surface area contributed by atoms with Crippen molar-refractivity contribution in [3.63, 3.8) is 0 Å². The first kappa shape index (κ1) is 15.1. The van der Waals surface area contributed by atoms with Crippen LogP contribution in [0.5, 0.6) is 11.5 Å². The van der Waals surface area contributed by atoms with Crippen molar-refractivity contribution in [1.29, 1.82) is 5.26 Å². The predicted molar refractivity (Wildman–Crippen MR) is 85.9 cm³/mol. The van der Waals surface area contributed by atoms with E-state index >= 15 is 0 Å². The molecule has 0 fully saturated rings. The number of hydrogen-bond acceptors (Lipinski definition) is 6. The third-order valence-electron chi connectivity index (χ3n) is 4.08. The summed E-state index contributed by atoms with van der Waals surface area (Å²) in [5.74, 6) is 1.85. The zero-order valence-electron chi connectivity index (χ0n) is 13.2. The smallest absolute Gasteiger partial charge is 0.141 e. The number of nitriles is 1. The number of fused-ring (bicyclic) bond motifs is 1. The molecule has 0 unspecified atom stereocenters. The standard InChI is InChI=1S/C17H18N4O2/c1-22-13-4-3-11(16(5-13)23-2)8-21-9-12-7-20-17(19)14(6-18)15(12)10-21/h3-5,7H,8-10H2,1-2H3,(H2,19,20). The first-order chi connectivity index (χ1) is 11.2. The van der Waals surface area contributed by atoms with Gasteiger partial charge < -0.3 is 15.2 Å². The Labute approximate surface area is 135 Å². The van der Waals surface area contributed by atoms with Crippen LogP contribution in [-0.4, -0.2) is 24.1 Å². The Morgan fingerprint density at radius 2 is 2.13 bits per heavy atom. The fourth-order valence-corrected chi connectivity index (χ4v) is 2.90. The first-order valence-corrected chi connectivity index (χ1v) is 7.25. The van der Waals surface area contributed by atoms with E-state index in [1.54, 1.807) is 20.4 Å². The summed E-state index contributed by atoms with van der Waals surface area (Å²) in [6, 6.07) is 7.95. The number of nitrogens with two attached hydrogens (primary N) is 1. The fraction of sp³-hybridized carbons (Fsp3) is 0.294. The van der Waals surface area contributed by atoms with Crippen LogP contribution in [0.15, 0.2) is 24.4 Å². The topological polar surface area (TPSA) is 84.4 Å². The molecule has 0 bridgehead atoms. The van der Waals surface area contributed by atoms with Crippen molar-refractivity contribution in [1.82, 2.24) is 9.88 Å². The zero-order valence-corrected chi connectivity index (χ0v) is 13.2. The SMILES string of the molecule is COc1ccc(CN2Cc3cnc(N)c(C#N)c3C2)c(OC)c1. The van der Waals surface area contributed by atoms with Crippen molar-refractivity contribution in [2.75, 3.05) is 20.0 Å². The van der Waals surface area contributed by atoms with Crippen molar-refractivity contribution in [3.8, 4) is 17.6 Å². The number of nitrogen functional groups attached to an aromatic ring is 1. The van der Waals surface area contributed by atoms with E-state index in [-0.39, 0.29) is 0 Å². The molecule has 0 spiro atoms. The second kappa shape index (κ2) is 6.15. The van der Waals surface area contributed by atoms with Gasteiger partial charge in [-0.1, -0.05) is 6.07 Å².